The van der Waals surface area contributed by atoms with Crippen LogP contribution in [0.5, 0.6) is 0 Å². The summed E-state index contributed by atoms with van der Waals surface area (Å²) in [6, 6.07) is 15.6. The predicted molar refractivity (Wildman–Crippen MR) is 128 cm³/mol. The first kappa shape index (κ1) is 27.9. The van der Waals surface area contributed by atoms with Gasteiger partial charge in [-0.2, -0.15) is 13.2 Å². The average molecular weight is 529 g/mol. The first-order valence-corrected chi connectivity index (χ1v) is 11.1. The minimum Gasteiger partial charge on any atom is -0.478 e. The number of ether oxygens (including phenoxy) is 2. The van der Waals surface area contributed by atoms with Gasteiger partial charge >= 0.3 is 24.1 Å². The molecule has 0 aliphatic heterocycles. The summed E-state index contributed by atoms with van der Waals surface area (Å²) < 4.78 is 50.5. The number of alkyl halides is 3. The van der Waals surface area contributed by atoms with E-state index in [9.17, 15) is 37.5 Å². The molecule has 0 saturated heterocycles. The van der Waals surface area contributed by atoms with Crippen LogP contribution in [0.1, 0.15) is 37.4 Å². The molecule has 0 spiro atoms. The van der Waals surface area contributed by atoms with Crippen molar-refractivity contribution in [2.45, 2.75) is 32.2 Å². The minimum atomic E-state index is -4.86. The monoisotopic (exact) mass is 529 g/mol. The van der Waals surface area contributed by atoms with Crippen LogP contribution in [0.15, 0.2) is 72.8 Å². The van der Waals surface area contributed by atoms with Crippen molar-refractivity contribution in [3.05, 3.63) is 101 Å². The van der Waals surface area contributed by atoms with Gasteiger partial charge in [0, 0.05) is 0 Å². The van der Waals surface area contributed by atoms with Crippen LogP contribution in [-0.4, -0.2) is 41.1 Å². The number of para-hydroxylation sites is 1. The zero-order valence-corrected chi connectivity index (χ0v) is 20.1. The number of amides is 1. The van der Waals surface area contributed by atoms with Crippen LogP contribution >= 0.6 is 0 Å². The van der Waals surface area contributed by atoms with E-state index >= 15 is 0 Å². The molecule has 1 amide bonds. The molecule has 0 saturated carbocycles. The van der Waals surface area contributed by atoms with E-state index < -0.39 is 53.5 Å². The summed E-state index contributed by atoms with van der Waals surface area (Å²) in [5.41, 5.74) is -0.485. The van der Waals surface area contributed by atoms with Gasteiger partial charge in [-0.15, -0.1) is 0 Å². The third-order valence-corrected chi connectivity index (χ3v) is 5.31. The standard InChI is InChI=1S/C27H22F3NO7/c1-15-7-11-17(12-8-15)25(35)37-21(23(32)31-20-6-4-3-5-19(20)27(28,29)30)22(24(33)34)38-26(36)18-13-9-16(2)10-14-18/h3-14,21-22H,1-2H3,(H,31,32)(H,33,34)/t21-,22-/m1/s1. The Balaban J connectivity index is 1.97. The smallest absolute Gasteiger partial charge is 0.418 e. The number of carboxylic acid groups (broad SMARTS) is 1. The van der Waals surface area contributed by atoms with Crippen LogP contribution in [-0.2, 0) is 25.2 Å². The molecule has 3 aromatic rings. The van der Waals surface area contributed by atoms with Gasteiger partial charge in [0.05, 0.1) is 22.4 Å². The van der Waals surface area contributed by atoms with Crippen LogP contribution in [0.25, 0.3) is 0 Å². The van der Waals surface area contributed by atoms with Gasteiger partial charge in [-0.3, -0.25) is 4.79 Å². The summed E-state index contributed by atoms with van der Waals surface area (Å²) in [6.07, 6.45) is -9.60. The first-order chi connectivity index (χ1) is 17.9. The normalized spacial score (nSPS) is 12.7. The lowest BCUT2D eigenvalue weighted by Crippen LogP contribution is -2.48. The highest BCUT2D eigenvalue weighted by atomic mass is 19.4. The Hall–Kier alpha value is -4.67. The fourth-order valence-corrected chi connectivity index (χ4v) is 3.28. The molecule has 2 N–H and O–H groups in total. The van der Waals surface area contributed by atoms with E-state index in [1.165, 1.54) is 30.3 Å². The van der Waals surface area contributed by atoms with E-state index in [0.717, 1.165) is 23.3 Å². The average Bonchev–Trinajstić information content (AvgIpc) is 2.86. The molecule has 0 radical (unpaired) electrons. The summed E-state index contributed by atoms with van der Waals surface area (Å²) in [5.74, 6) is -5.64. The van der Waals surface area contributed by atoms with Gasteiger partial charge in [-0.1, -0.05) is 47.5 Å². The fourth-order valence-electron chi connectivity index (χ4n) is 3.28. The van der Waals surface area contributed by atoms with Crippen molar-refractivity contribution >= 4 is 29.5 Å². The van der Waals surface area contributed by atoms with E-state index in [0.29, 0.717) is 6.07 Å². The zero-order chi connectivity index (χ0) is 28.0. The van der Waals surface area contributed by atoms with E-state index in [2.05, 4.69) is 0 Å². The van der Waals surface area contributed by atoms with Crippen molar-refractivity contribution in [3.63, 3.8) is 0 Å². The maximum absolute atomic E-state index is 13.4. The summed E-state index contributed by atoms with van der Waals surface area (Å²) in [5, 5.41) is 11.7. The molecule has 3 rings (SSSR count). The molecule has 3 aromatic carbocycles. The Kier molecular flexibility index (Phi) is 8.51. The van der Waals surface area contributed by atoms with E-state index in [1.807, 2.05) is 5.32 Å². The molecule has 0 heterocycles. The zero-order valence-electron chi connectivity index (χ0n) is 20.1. The van der Waals surface area contributed by atoms with E-state index in [-0.39, 0.29) is 11.1 Å². The number of carbonyl (C=O) groups excluding carboxylic acids is 3. The van der Waals surface area contributed by atoms with Crippen molar-refractivity contribution in [1.82, 2.24) is 0 Å². The van der Waals surface area contributed by atoms with Gasteiger partial charge < -0.3 is 19.9 Å². The molecule has 11 heteroatoms. The Morgan fingerprint density at radius 2 is 1.18 bits per heavy atom. The highest BCUT2D eigenvalue weighted by molar-refractivity contribution is 6.02. The first-order valence-electron chi connectivity index (χ1n) is 11.1. The molecular weight excluding hydrogens is 507 g/mol. The minimum absolute atomic E-state index is 0.0618. The van der Waals surface area contributed by atoms with Crippen LogP contribution < -0.4 is 5.32 Å². The summed E-state index contributed by atoms with van der Waals surface area (Å²) >= 11 is 0. The number of rotatable bonds is 8. The molecule has 0 aliphatic carbocycles. The number of halogens is 3. The molecule has 0 bridgehead atoms. The summed E-state index contributed by atoms with van der Waals surface area (Å²) in [7, 11) is 0. The molecule has 0 fully saturated rings. The molecular formula is C27H22F3NO7. The van der Waals surface area contributed by atoms with Crippen LogP contribution in [0.3, 0.4) is 0 Å². The lowest BCUT2D eigenvalue weighted by molar-refractivity contribution is -0.157. The molecule has 0 aromatic heterocycles. The summed E-state index contributed by atoms with van der Waals surface area (Å²) in [6.45, 7) is 3.49. The maximum atomic E-state index is 13.4. The largest absolute Gasteiger partial charge is 0.478 e. The van der Waals surface area contributed by atoms with E-state index in [1.54, 1.807) is 38.1 Å². The Morgan fingerprint density at radius 1 is 0.737 bits per heavy atom. The van der Waals surface area contributed by atoms with Crippen molar-refractivity contribution in [2.24, 2.45) is 0 Å². The van der Waals surface area contributed by atoms with Gasteiger partial charge in [0.1, 0.15) is 0 Å². The van der Waals surface area contributed by atoms with Crippen LogP contribution in [0, 0.1) is 13.8 Å². The third kappa shape index (κ3) is 6.96. The lowest BCUT2D eigenvalue weighted by Gasteiger charge is -2.24. The maximum Gasteiger partial charge on any atom is 0.418 e. The molecule has 0 aliphatic rings. The third-order valence-electron chi connectivity index (χ3n) is 5.31. The molecule has 198 valence electrons. The topological polar surface area (TPSA) is 119 Å². The van der Waals surface area contributed by atoms with Gasteiger partial charge in [0.15, 0.2) is 0 Å². The molecule has 8 nitrogen and oxygen atoms in total. The number of benzene rings is 3. The molecule has 0 unspecified atom stereocenters. The quantitative estimate of drug-likeness (QED) is 0.403. The van der Waals surface area contributed by atoms with Crippen LogP contribution in [0.4, 0.5) is 18.9 Å². The van der Waals surface area contributed by atoms with E-state index in [4.69, 9.17) is 9.47 Å². The number of aliphatic carboxylic acids is 1. The van der Waals surface area contributed by atoms with Crippen molar-refractivity contribution in [1.29, 1.82) is 0 Å². The number of nitrogens with one attached hydrogen (secondary N) is 1. The Labute approximate surface area is 215 Å². The Bertz CT molecular complexity index is 1340. The number of anilines is 1. The predicted octanol–water partition coefficient (Wildman–Crippen LogP) is 4.80. The number of carboxylic acids is 1. The number of hydrogen-bond acceptors (Lipinski definition) is 6. The van der Waals surface area contributed by atoms with Gasteiger partial charge in [-0.25, -0.2) is 14.4 Å². The number of aryl methyl sites for hydroxylation is 2. The second-order valence-corrected chi connectivity index (χ2v) is 8.25. The highest BCUT2D eigenvalue weighted by Crippen LogP contribution is 2.34. The second kappa shape index (κ2) is 11.6. The summed E-state index contributed by atoms with van der Waals surface area (Å²) in [4.78, 5) is 50.6. The van der Waals surface area contributed by atoms with Gasteiger partial charge in [0.25, 0.3) is 5.91 Å². The number of hydrogen-bond donors (Lipinski definition) is 2. The number of esters is 2. The molecule has 2 atom stereocenters. The van der Waals surface area contributed by atoms with Gasteiger partial charge in [0.2, 0.25) is 12.2 Å². The second-order valence-electron chi connectivity index (χ2n) is 8.25. The number of carbonyl (C=O) groups is 4. The SMILES string of the molecule is Cc1ccc(C(=O)O[C@@H](C(=O)O)[C@@H](OC(=O)c2ccc(C)cc2)C(=O)Nc2ccccc2C(F)(F)F)cc1. The van der Waals surface area contributed by atoms with Crippen molar-refractivity contribution < 1.29 is 46.9 Å². The lowest BCUT2D eigenvalue weighted by atomic mass is 10.1. The van der Waals surface area contributed by atoms with Crippen molar-refractivity contribution in [3.8, 4) is 0 Å². The Morgan fingerprint density at radius 3 is 1.63 bits per heavy atom. The van der Waals surface area contributed by atoms with Gasteiger partial charge in [-0.05, 0) is 50.2 Å². The highest BCUT2D eigenvalue weighted by Gasteiger charge is 2.42. The fraction of sp³-hybridized carbons (Fsp3) is 0.185. The van der Waals surface area contributed by atoms with Crippen molar-refractivity contribution in [2.75, 3.05) is 5.32 Å². The van der Waals surface area contributed by atoms with Crippen LogP contribution in [0.2, 0.25) is 0 Å². The molecule has 38 heavy (non-hydrogen) atoms.